The zero-order valence-electron chi connectivity index (χ0n) is 14.7. The van der Waals surface area contributed by atoms with E-state index < -0.39 is 23.2 Å². The van der Waals surface area contributed by atoms with Crippen molar-refractivity contribution >= 4 is 11.9 Å². The van der Waals surface area contributed by atoms with Crippen molar-refractivity contribution in [2.75, 3.05) is 0 Å². The molecular weight excluding hydrogens is 337 g/mol. The van der Waals surface area contributed by atoms with Crippen LogP contribution in [0.25, 0.3) is 0 Å². The molecule has 0 aliphatic rings. The zero-order valence-corrected chi connectivity index (χ0v) is 14.7. The van der Waals surface area contributed by atoms with Gasteiger partial charge in [0.05, 0.1) is 22.6 Å². The van der Waals surface area contributed by atoms with Gasteiger partial charge in [-0.25, -0.2) is 9.18 Å². The Morgan fingerprint density at radius 3 is 2.35 bits per heavy atom. The Morgan fingerprint density at radius 2 is 1.77 bits per heavy atom. The molecule has 26 heavy (non-hydrogen) atoms. The van der Waals surface area contributed by atoms with Crippen LogP contribution in [0.3, 0.4) is 0 Å². The van der Waals surface area contributed by atoms with Gasteiger partial charge in [-0.15, -0.1) is 0 Å². The van der Waals surface area contributed by atoms with E-state index >= 15 is 0 Å². The monoisotopic (exact) mass is 355 g/mol. The summed E-state index contributed by atoms with van der Waals surface area (Å²) in [5.74, 6) is -1.40. The summed E-state index contributed by atoms with van der Waals surface area (Å²) in [6.45, 7) is 5.02. The molecule has 0 fully saturated rings. The van der Waals surface area contributed by atoms with E-state index in [1.54, 1.807) is 20.8 Å². The Bertz CT molecular complexity index is 861. The Kier molecular flexibility index (Phi) is 5.73. The van der Waals surface area contributed by atoms with E-state index in [1.165, 1.54) is 30.3 Å². The summed E-state index contributed by atoms with van der Waals surface area (Å²) >= 11 is 0. The second-order valence-electron chi connectivity index (χ2n) is 6.66. The molecule has 0 N–H and O–H groups in total. The molecule has 2 aromatic rings. The molecule has 0 unspecified atom stereocenters. The number of esters is 2. The normalized spacial score (nSPS) is 10.7. The van der Waals surface area contributed by atoms with E-state index in [-0.39, 0.29) is 17.9 Å². The number of hydrogen-bond acceptors (Lipinski definition) is 5. The number of rotatable bonds is 4. The third-order valence-electron chi connectivity index (χ3n) is 3.44. The molecule has 0 aliphatic heterocycles. The highest BCUT2D eigenvalue weighted by Gasteiger charge is 2.23. The summed E-state index contributed by atoms with van der Waals surface area (Å²) < 4.78 is 23.5. The fourth-order valence-corrected chi connectivity index (χ4v) is 1.97. The van der Waals surface area contributed by atoms with Gasteiger partial charge in [0, 0.05) is 5.56 Å². The van der Waals surface area contributed by atoms with Crippen molar-refractivity contribution in [3.63, 3.8) is 0 Å². The first-order valence-corrected chi connectivity index (χ1v) is 7.88. The van der Waals surface area contributed by atoms with Gasteiger partial charge in [-0.3, -0.25) is 4.79 Å². The maximum atomic E-state index is 13.0. The standard InChI is InChI=1S/C20H18FNO4/c1-20(2,3)19(24)25-12-15-10-13(11-22)4-9-17(15)26-18(23)14-5-7-16(21)8-6-14/h4-10H,12H2,1-3H3. The Hall–Kier alpha value is -3.20. The van der Waals surface area contributed by atoms with E-state index in [9.17, 15) is 14.0 Å². The van der Waals surface area contributed by atoms with Crippen LogP contribution in [-0.4, -0.2) is 11.9 Å². The van der Waals surface area contributed by atoms with Crippen molar-refractivity contribution in [3.8, 4) is 11.8 Å². The Labute approximate surface area is 151 Å². The average Bonchev–Trinajstić information content (AvgIpc) is 2.60. The first kappa shape index (κ1) is 19.1. The Morgan fingerprint density at radius 1 is 1.12 bits per heavy atom. The van der Waals surface area contributed by atoms with Gasteiger partial charge in [-0.2, -0.15) is 5.26 Å². The van der Waals surface area contributed by atoms with Crippen molar-refractivity contribution in [2.45, 2.75) is 27.4 Å². The molecule has 5 nitrogen and oxygen atoms in total. The highest BCUT2D eigenvalue weighted by Crippen LogP contribution is 2.24. The van der Waals surface area contributed by atoms with Crippen molar-refractivity contribution in [1.29, 1.82) is 5.26 Å². The first-order chi connectivity index (χ1) is 12.2. The molecule has 0 aromatic heterocycles. The lowest BCUT2D eigenvalue weighted by Crippen LogP contribution is -2.23. The minimum absolute atomic E-state index is 0.141. The SMILES string of the molecule is CC(C)(C)C(=O)OCc1cc(C#N)ccc1OC(=O)c1ccc(F)cc1. The molecule has 0 atom stereocenters. The second-order valence-corrected chi connectivity index (χ2v) is 6.66. The molecule has 0 aliphatic carbocycles. The molecule has 2 aromatic carbocycles. The van der Waals surface area contributed by atoms with E-state index in [1.807, 2.05) is 6.07 Å². The molecule has 2 rings (SSSR count). The summed E-state index contributed by atoms with van der Waals surface area (Å²) in [6.07, 6.45) is 0. The topological polar surface area (TPSA) is 76.4 Å². The molecule has 0 amide bonds. The quantitative estimate of drug-likeness (QED) is 0.612. The van der Waals surface area contributed by atoms with Gasteiger partial charge in [0.2, 0.25) is 0 Å². The highest BCUT2D eigenvalue weighted by atomic mass is 19.1. The third-order valence-corrected chi connectivity index (χ3v) is 3.44. The second kappa shape index (κ2) is 7.79. The van der Waals surface area contributed by atoms with Crippen LogP contribution >= 0.6 is 0 Å². The summed E-state index contributed by atoms with van der Waals surface area (Å²) in [5.41, 5.74) is 0.219. The molecule has 6 heteroatoms. The number of hydrogen-bond donors (Lipinski definition) is 0. The van der Waals surface area contributed by atoms with Crippen LogP contribution in [-0.2, 0) is 16.1 Å². The van der Waals surface area contributed by atoms with Gasteiger partial charge in [-0.05, 0) is 63.2 Å². The first-order valence-electron chi connectivity index (χ1n) is 7.88. The smallest absolute Gasteiger partial charge is 0.343 e. The summed E-state index contributed by atoms with van der Waals surface area (Å²) in [7, 11) is 0. The van der Waals surface area contributed by atoms with Crippen molar-refractivity contribution in [2.24, 2.45) is 5.41 Å². The molecule has 0 spiro atoms. The Balaban J connectivity index is 2.22. The van der Waals surface area contributed by atoms with Gasteiger partial charge >= 0.3 is 11.9 Å². The molecule has 0 heterocycles. The molecule has 134 valence electrons. The van der Waals surface area contributed by atoms with Gasteiger partial charge in [0.1, 0.15) is 18.2 Å². The van der Waals surface area contributed by atoms with Crippen LogP contribution in [0.4, 0.5) is 4.39 Å². The maximum Gasteiger partial charge on any atom is 0.343 e. The predicted octanol–water partition coefficient (Wildman–Crippen LogP) is 4.01. The van der Waals surface area contributed by atoms with Crippen LogP contribution in [0.15, 0.2) is 42.5 Å². The number of carbonyl (C=O) groups is 2. The summed E-state index contributed by atoms with van der Waals surface area (Å²) in [6, 6.07) is 11.3. The highest BCUT2D eigenvalue weighted by molar-refractivity contribution is 5.91. The lowest BCUT2D eigenvalue weighted by atomic mass is 9.97. The molecule has 0 bridgehead atoms. The number of halogens is 1. The van der Waals surface area contributed by atoms with Crippen molar-refractivity contribution in [3.05, 3.63) is 65.0 Å². The fourth-order valence-electron chi connectivity index (χ4n) is 1.97. The van der Waals surface area contributed by atoms with Crippen LogP contribution in [0.2, 0.25) is 0 Å². The van der Waals surface area contributed by atoms with E-state index in [0.29, 0.717) is 11.1 Å². The van der Waals surface area contributed by atoms with Crippen LogP contribution in [0.1, 0.15) is 42.3 Å². The summed E-state index contributed by atoms with van der Waals surface area (Å²) in [5, 5.41) is 9.04. The van der Waals surface area contributed by atoms with E-state index in [4.69, 9.17) is 14.7 Å². The third kappa shape index (κ3) is 4.90. The lowest BCUT2D eigenvalue weighted by molar-refractivity contribution is -0.154. The van der Waals surface area contributed by atoms with Gasteiger partial charge < -0.3 is 9.47 Å². The van der Waals surface area contributed by atoms with Crippen LogP contribution in [0, 0.1) is 22.6 Å². The maximum absolute atomic E-state index is 13.0. The van der Waals surface area contributed by atoms with Gasteiger partial charge in [0.25, 0.3) is 0 Å². The minimum Gasteiger partial charge on any atom is -0.460 e. The van der Waals surface area contributed by atoms with Crippen molar-refractivity contribution < 1.29 is 23.5 Å². The van der Waals surface area contributed by atoms with Crippen LogP contribution in [0.5, 0.6) is 5.75 Å². The number of benzene rings is 2. The predicted molar refractivity (Wildman–Crippen MR) is 91.8 cm³/mol. The van der Waals surface area contributed by atoms with Crippen LogP contribution < -0.4 is 4.74 Å². The molecule has 0 saturated carbocycles. The number of nitriles is 1. The number of carbonyl (C=O) groups excluding carboxylic acids is 2. The minimum atomic E-state index is -0.683. The number of ether oxygens (including phenoxy) is 2. The van der Waals surface area contributed by atoms with Gasteiger partial charge in [0.15, 0.2) is 0 Å². The zero-order chi connectivity index (χ0) is 19.3. The molecular formula is C20H18FNO4. The van der Waals surface area contributed by atoms with E-state index in [2.05, 4.69) is 0 Å². The fraction of sp³-hybridized carbons (Fsp3) is 0.250. The number of nitrogens with zero attached hydrogens (tertiary/aromatic N) is 1. The lowest BCUT2D eigenvalue weighted by Gasteiger charge is -2.17. The molecule has 0 saturated heterocycles. The molecule has 0 radical (unpaired) electrons. The van der Waals surface area contributed by atoms with E-state index in [0.717, 1.165) is 12.1 Å². The van der Waals surface area contributed by atoms with Crippen molar-refractivity contribution in [1.82, 2.24) is 0 Å². The average molecular weight is 355 g/mol. The summed E-state index contributed by atoms with van der Waals surface area (Å²) in [4.78, 5) is 24.2. The van der Waals surface area contributed by atoms with Gasteiger partial charge in [-0.1, -0.05) is 0 Å². The largest absolute Gasteiger partial charge is 0.460 e.